The Morgan fingerprint density at radius 1 is 1.18 bits per heavy atom. The number of benzene rings is 2. The molecule has 10 heteroatoms. The van der Waals surface area contributed by atoms with E-state index >= 15 is 0 Å². The van der Waals surface area contributed by atoms with Gasteiger partial charge in [-0.05, 0) is 31.2 Å². The van der Waals surface area contributed by atoms with Crippen LogP contribution in [0.25, 0.3) is 5.69 Å². The Kier molecular flexibility index (Phi) is 5.72. The zero-order valence-electron chi connectivity index (χ0n) is 17.8. The molecule has 0 fully saturated rings. The first-order chi connectivity index (χ1) is 15.7. The fourth-order valence-electron chi connectivity index (χ4n) is 3.59. The Labute approximate surface area is 187 Å². The van der Waals surface area contributed by atoms with Crippen molar-refractivity contribution in [3.8, 4) is 23.3 Å². The van der Waals surface area contributed by atoms with Gasteiger partial charge in [-0.1, -0.05) is 18.2 Å². The van der Waals surface area contributed by atoms with Crippen LogP contribution in [0.15, 0.2) is 48.7 Å². The molecule has 1 atom stereocenters. The Morgan fingerprint density at radius 2 is 1.91 bits per heavy atom. The van der Waals surface area contributed by atoms with Gasteiger partial charge in [0.15, 0.2) is 11.9 Å². The summed E-state index contributed by atoms with van der Waals surface area (Å²) in [7, 11) is 1.24. The zero-order chi connectivity index (χ0) is 23.8. The van der Waals surface area contributed by atoms with Gasteiger partial charge in [0.2, 0.25) is 0 Å². The molecule has 170 valence electrons. The van der Waals surface area contributed by atoms with E-state index in [4.69, 9.17) is 9.47 Å². The summed E-state index contributed by atoms with van der Waals surface area (Å²) in [6.45, 7) is 1.20. The highest BCUT2D eigenvalue weighted by molar-refractivity contribution is 6.00. The molecule has 3 aromatic rings. The molecule has 1 unspecified atom stereocenters. The lowest BCUT2D eigenvalue weighted by atomic mass is 10.1. The number of nitriles is 1. The third kappa shape index (κ3) is 4.22. The molecule has 0 aliphatic carbocycles. The van der Waals surface area contributed by atoms with E-state index in [0.29, 0.717) is 5.69 Å². The van der Waals surface area contributed by atoms with E-state index in [9.17, 15) is 23.2 Å². The van der Waals surface area contributed by atoms with Gasteiger partial charge < -0.3 is 14.4 Å². The Hall–Kier alpha value is -4.00. The molecule has 1 amide bonds. The lowest BCUT2D eigenvalue weighted by Gasteiger charge is -2.23. The maximum Gasteiger partial charge on any atom is 0.425 e. The maximum atomic E-state index is 13.4. The Balaban J connectivity index is 1.65. The van der Waals surface area contributed by atoms with Gasteiger partial charge in [0.25, 0.3) is 5.91 Å². The number of aromatic nitrogens is 2. The van der Waals surface area contributed by atoms with Gasteiger partial charge in [-0.3, -0.25) is 4.79 Å². The summed E-state index contributed by atoms with van der Waals surface area (Å²) in [6, 6.07) is 13.8. The van der Waals surface area contributed by atoms with Gasteiger partial charge in [0.1, 0.15) is 17.4 Å². The molecule has 0 saturated heterocycles. The van der Waals surface area contributed by atoms with Crippen LogP contribution in [0.5, 0.6) is 11.5 Å². The predicted octanol–water partition coefficient (Wildman–Crippen LogP) is 4.24. The number of carbonyl (C=O) groups excluding carboxylic acids is 1. The van der Waals surface area contributed by atoms with Gasteiger partial charge in [-0.25, -0.2) is 4.68 Å². The van der Waals surface area contributed by atoms with Crippen molar-refractivity contribution in [1.82, 2.24) is 14.7 Å². The normalized spacial score (nSPS) is 13.9. The standard InChI is InChI=1S/C23H19F3N4O3/c1-14(23(24,25)26)33-19-9-8-15(10-27)21(32-2)20(19)22(31)29-11-16-12-30(28-18(16)13-29)17-6-4-3-5-7-17/h3-9,12,14H,11,13H2,1-2H3. The van der Waals surface area contributed by atoms with Gasteiger partial charge in [-0.2, -0.15) is 23.5 Å². The molecule has 0 bridgehead atoms. The molecule has 0 N–H and O–H groups in total. The fourth-order valence-corrected chi connectivity index (χ4v) is 3.59. The van der Waals surface area contributed by atoms with E-state index in [1.807, 2.05) is 42.6 Å². The smallest absolute Gasteiger partial charge is 0.425 e. The van der Waals surface area contributed by atoms with Crippen LogP contribution in [0.2, 0.25) is 0 Å². The summed E-state index contributed by atoms with van der Waals surface area (Å²) < 4.78 is 51.3. The van der Waals surface area contributed by atoms with Crippen LogP contribution in [0.1, 0.15) is 34.1 Å². The molecule has 0 saturated carbocycles. The predicted molar refractivity (Wildman–Crippen MR) is 111 cm³/mol. The number of hydrogen-bond acceptors (Lipinski definition) is 5. The van der Waals surface area contributed by atoms with E-state index < -0.39 is 18.2 Å². The Morgan fingerprint density at radius 3 is 2.52 bits per heavy atom. The minimum absolute atomic E-state index is 0.0130. The van der Waals surface area contributed by atoms with Crippen molar-refractivity contribution in [2.24, 2.45) is 0 Å². The largest absolute Gasteiger partial charge is 0.494 e. The highest BCUT2D eigenvalue weighted by atomic mass is 19.4. The van der Waals surface area contributed by atoms with E-state index in [-0.39, 0.29) is 35.7 Å². The molecule has 1 aliphatic rings. The second kappa shape index (κ2) is 8.50. The molecular formula is C23H19F3N4O3. The summed E-state index contributed by atoms with van der Waals surface area (Å²) in [5.74, 6) is -1.05. The molecule has 7 nitrogen and oxygen atoms in total. The summed E-state index contributed by atoms with van der Waals surface area (Å²) in [5.41, 5.74) is 2.14. The van der Waals surface area contributed by atoms with Gasteiger partial charge in [0.05, 0.1) is 30.6 Å². The summed E-state index contributed by atoms with van der Waals surface area (Å²) in [6.07, 6.45) is -4.98. The van der Waals surface area contributed by atoms with Crippen LogP contribution < -0.4 is 9.47 Å². The topological polar surface area (TPSA) is 80.4 Å². The molecule has 4 rings (SSSR count). The number of hydrogen-bond donors (Lipinski definition) is 0. The number of para-hydroxylation sites is 1. The first kappa shape index (κ1) is 22.2. The number of amides is 1. The molecule has 1 aromatic heterocycles. The number of alkyl halides is 3. The van der Waals surface area contributed by atoms with Gasteiger partial charge >= 0.3 is 6.18 Å². The van der Waals surface area contributed by atoms with Gasteiger partial charge in [-0.15, -0.1) is 0 Å². The van der Waals surface area contributed by atoms with Crippen LogP contribution in [0.3, 0.4) is 0 Å². The summed E-state index contributed by atoms with van der Waals surface area (Å²) >= 11 is 0. The summed E-state index contributed by atoms with van der Waals surface area (Å²) in [5, 5.41) is 13.9. The lowest BCUT2D eigenvalue weighted by molar-refractivity contribution is -0.189. The van der Waals surface area contributed by atoms with Crippen LogP contribution in [0, 0.1) is 11.3 Å². The van der Waals surface area contributed by atoms with Crippen molar-refractivity contribution >= 4 is 5.91 Å². The number of fused-ring (bicyclic) bond motifs is 1. The quantitative estimate of drug-likeness (QED) is 0.574. The second-order valence-electron chi connectivity index (χ2n) is 7.48. The van der Waals surface area contributed by atoms with Crippen LogP contribution >= 0.6 is 0 Å². The van der Waals surface area contributed by atoms with Crippen molar-refractivity contribution in [2.45, 2.75) is 32.3 Å². The maximum absolute atomic E-state index is 13.4. The first-order valence-electron chi connectivity index (χ1n) is 9.99. The van der Waals surface area contributed by atoms with Crippen LogP contribution in [-0.4, -0.2) is 40.0 Å². The number of halogens is 3. The highest BCUT2D eigenvalue weighted by Gasteiger charge is 2.40. The molecule has 0 radical (unpaired) electrons. The third-order valence-electron chi connectivity index (χ3n) is 5.31. The molecule has 0 spiro atoms. The van der Waals surface area contributed by atoms with E-state index in [1.165, 1.54) is 24.1 Å². The zero-order valence-corrected chi connectivity index (χ0v) is 17.8. The number of nitrogens with zero attached hydrogens (tertiary/aromatic N) is 4. The van der Waals surface area contributed by atoms with Crippen molar-refractivity contribution < 1.29 is 27.4 Å². The molecular weight excluding hydrogens is 437 g/mol. The Bertz CT molecular complexity index is 1210. The van der Waals surface area contributed by atoms with E-state index in [0.717, 1.165) is 18.2 Å². The third-order valence-corrected chi connectivity index (χ3v) is 5.31. The highest BCUT2D eigenvalue weighted by Crippen LogP contribution is 2.37. The van der Waals surface area contributed by atoms with Crippen LogP contribution in [-0.2, 0) is 13.1 Å². The van der Waals surface area contributed by atoms with E-state index in [2.05, 4.69) is 5.10 Å². The average Bonchev–Trinajstić information content (AvgIpc) is 3.37. The first-order valence-corrected chi connectivity index (χ1v) is 9.99. The number of carbonyl (C=O) groups is 1. The molecule has 2 heterocycles. The second-order valence-corrected chi connectivity index (χ2v) is 7.48. The SMILES string of the molecule is COc1c(C#N)ccc(OC(C)C(F)(F)F)c1C(=O)N1Cc2cn(-c3ccccc3)nc2C1. The molecule has 33 heavy (non-hydrogen) atoms. The minimum Gasteiger partial charge on any atom is -0.494 e. The summed E-state index contributed by atoms with van der Waals surface area (Å²) in [4.78, 5) is 14.8. The number of methoxy groups -OCH3 is 1. The van der Waals surface area contributed by atoms with Crippen molar-refractivity contribution in [3.63, 3.8) is 0 Å². The molecule has 1 aliphatic heterocycles. The van der Waals surface area contributed by atoms with E-state index in [1.54, 1.807) is 4.68 Å². The monoisotopic (exact) mass is 456 g/mol. The van der Waals surface area contributed by atoms with Crippen molar-refractivity contribution in [1.29, 1.82) is 5.26 Å². The minimum atomic E-state index is -4.63. The van der Waals surface area contributed by atoms with Crippen molar-refractivity contribution in [3.05, 3.63) is 71.0 Å². The van der Waals surface area contributed by atoms with Crippen LogP contribution in [0.4, 0.5) is 13.2 Å². The van der Waals surface area contributed by atoms with Crippen molar-refractivity contribution in [2.75, 3.05) is 7.11 Å². The number of ether oxygens (including phenoxy) is 2. The average molecular weight is 456 g/mol. The number of rotatable bonds is 5. The molecule has 2 aromatic carbocycles. The fraction of sp³-hybridized carbons (Fsp3) is 0.261. The van der Waals surface area contributed by atoms with Gasteiger partial charge in [0, 0.05) is 18.3 Å². The lowest BCUT2D eigenvalue weighted by Crippen LogP contribution is -2.33.